The summed E-state index contributed by atoms with van der Waals surface area (Å²) in [5.74, 6) is 0. The standard InChI is InChI=1S/C12H14F4N2O2S.ClH/c13-5-10-3-8-1-2-11(4-9(8)6-17-10)21(19,20)18-7-12(14,15)16;/h1-2,4,10,17-18H,3,5-7H2;1H/t10-;/m1./s1. The van der Waals surface area contributed by atoms with E-state index in [4.69, 9.17) is 0 Å². The molecule has 0 amide bonds. The molecule has 1 aliphatic rings. The monoisotopic (exact) mass is 362 g/mol. The Balaban J connectivity index is 0.00000242. The molecule has 0 fully saturated rings. The van der Waals surface area contributed by atoms with Crippen molar-refractivity contribution in [1.82, 2.24) is 10.0 Å². The van der Waals surface area contributed by atoms with Crippen LogP contribution in [0.25, 0.3) is 0 Å². The number of fused-ring (bicyclic) bond motifs is 1. The van der Waals surface area contributed by atoms with Gasteiger partial charge in [0, 0.05) is 12.6 Å². The highest BCUT2D eigenvalue weighted by atomic mass is 35.5. The fourth-order valence-electron chi connectivity index (χ4n) is 2.09. The molecule has 0 unspecified atom stereocenters. The molecule has 0 radical (unpaired) electrons. The molecule has 2 N–H and O–H groups in total. The molecule has 1 aliphatic heterocycles. The first-order valence-corrected chi connectivity index (χ1v) is 7.67. The summed E-state index contributed by atoms with van der Waals surface area (Å²) < 4.78 is 73.9. The number of halogens is 5. The molecule has 0 spiro atoms. The summed E-state index contributed by atoms with van der Waals surface area (Å²) in [4.78, 5) is -0.231. The van der Waals surface area contributed by atoms with Gasteiger partial charge < -0.3 is 5.32 Å². The quantitative estimate of drug-likeness (QED) is 0.805. The maximum atomic E-state index is 12.6. The van der Waals surface area contributed by atoms with E-state index in [1.54, 1.807) is 0 Å². The third kappa shape index (κ3) is 4.80. The van der Waals surface area contributed by atoms with Crippen molar-refractivity contribution in [3.8, 4) is 0 Å². The molecule has 22 heavy (non-hydrogen) atoms. The largest absolute Gasteiger partial charge is 0.402 e. The van der Waals surface area contributed by atoms with E-state index in [0.717, 1.165) is 5.56 Å². The van der Waals surface area contributed by atoms with Crippen LogP contribution < -0.4 is 10.0 Å². The number of hydrogen-bond donors (Lipinski definition) is 2. The van der Waals surface area contributed by atoms with Gasteiger partial charge in [0.05, 0.1) is 4.90 Å². The van der Waals surface area contributed by atoms with E-state index >= 15 is 0 Å². The van der Waals surface area contributed by atoms with Crippen LogP contribution >= 0.6 is 12.4 Å². The van der Waals surface area contributed by atoms with Gasteiger partial charge in [-0.1, -0.05) is 6.07 Å². The van der Waals surface area contributed by atoms with Gasteiger partial charge in [0.25, 0.3) is 0 Å². The van der Waals surface area contributed by atoms with Crippen LogP contribution in [-0.2, 0) is 23.0 Å². The van der Waals surface area contributed by atoms with Gasteiger partial charge in [-0.15, -0.1) is 12.4 Å². The Labute approximate surface area is 131 Å². The van der Waals surface area contributed by atoms with Crippen molar-refractivity contribution in [2.45, 2.75) is 30.1 Å². The van der Waals surface area contributed by atoms with Crippen molar-refractivity contribution >= 4 is 22.4 Å². The predicted octanol–water partition coefficient (Wildman–Crippen LogP) is 1.93. The Morgan fingerprint density at radius 3 is 2.55 bits per heavy atom. The van der Waals surface area contributed by atoms with Crippen molar-refractivity contribution in [1.29, 1.82) is 0 Å². The summed E-state index contributed by atoms with van der Waals surface area (Å²) in [5.41, 5.74) is 1.45. The van der Waals surface area contributed by atoms with Gasteiger partial charge >= 0.3 is 6.18 Å². The van der Waals surface area contributed by atoms with Crippen molar-refractivity contribution in [2.75, 3.05) is 13.2 Å². The van der Waals surface area contributed by atoms with E-state index in [1.807, 2.05) is 0 Å². The highest BCUT2D eigenvalue weighted by molar-refractivity contribution is 7.89. The maximum absolute atomic E-state index is 12.6. The minimum Gasteiger partial charge on any atom is -0.307 e. The zero-order chi connectivity index (χ0) is 15.7. The average molecular weight is 363 g/mol. The van der Waals surface area contributed by atoms with E-state index < -0.39 is 29.4 Å². The van der Waals surface area contributed by atoms with Gasteiger partial charge in [-0.25, -0.2) is 17.5 Å². The third-order valence-corrected chi connectivity index (χ3v) is 4.58. The molecule has 0 aromatic heterocycles. The summed E-state index contributed by atoms with van der Waals surface area (Å²) in [6, 6.07) is 3.75. The molecule has 1 heterocycles. The second-order valence-electron chi connectivity index (χ2n) is 4.81. The lowest BCUT2D eigenvalue weighted by Gasteiger charge is -2.24. The van der Waals surface area contributed by atoms with Crippen molar-refractivity contribution in [3.05, 3.63) is 29.3 Å². The molecule has 0 aliphatic carbocycles. The molecule has 1 aromatic rings. The van der Waals surface area contributed by atoms with Crippen LogP contribution in [0.15, 0.2) is 23.1 Å². The van der Waals surface area contributed by atoms with E-state index in [1.165, 1.54) is 22.9 Å². The Morgan fingerprint density at radius 1 is 1.27 bits per heavy atom. The van der Waals surface area contributed by atoms with Gasteiger partial charge in [0.2, 0.25) is 10.0 Å². The summed E-state index contributed by atoms with van der Waals surface area (Å²) in [5, 5.41) is 2.89. The number of hydrogen-bond acceptors (Lipinski definition) is 3. The number of rotatable bonds is 4. The van der Waals surface area contributed by atoms with Crippen LogP contribution in [0, 0.1) is 0 Å². The Kier molecular flexibility index (Phi) is 6.19. The van der Waals surface area contributed by atoms with Crippen molar-refractivity contribution in [2.24, 2.45) is 0 Å². The lowest BCUT2D eigenvalue weighted by Crippen LogP contribution is -2.37. The van der Waals surface area contributed by atoms with Gasteiger partial charge in [0.1, 0.15) is 13.2 Å². The molecule has 4 nitrogen and oxygen atoms in total. The van der Waals surface area contributed by atoms with Gasteiger partial charge in [-0.3, -0.25) is 0 Å². The Hall–Kier alpha value is -0.900. The third-order valence-electron chi connectivity index (χ3n) is 3.18. The minimum absolute atomic E-state index is 0. The molecule has 126 valence electrons. The Bertz CT molecular complexity index is 622. The summed E-state index contributed by atoms with van der Waals surface area (Å²) in [6.45, 7) is -1.87. The molecular weight excluding hydrogens is 348 g/mol. The lowest BCUT2D eigenvalue weighted by molar-refractivity contribution is -0.121. The molecule has 0 bridgehead atoms. The smallest absolute Gasteiger partial charge is 0.307 e. The fourth-order valence-corrected chi connectivity index (χ4v) is 3.16. The molecule has 0 saturated heterocycles. The summed E-state index contributed by atoms with van der Waals surface area (Å²) in [7, 11) is -4.22. The SMILES string of the molecule is Cl.O=S(=O)(NCC(F)(F)F)c1ccc2c(c1)CN[C@@H](CF)C2. The second-order valence-corrected chi connectivity index (χ2v) is 6.57. The highest BCUT2D eigenvalue weighted by Crippen LogP contribution is 2.22. The van der Waals surface area contributed by atoms with Gasteiger partial charge in [0.15, 0.2) is 0 Å². The van der Waals surface area contributed by atoms with E-state index in [-0.39, 0.29) is 29.9 Å². The first kappa shape index (κ1) is 19.1. The van der Waals surface area contributed by atoms with Gasteiger partial charge in [-0.2, -0.15) is 13.2 Å². The van der Waals surface area contributed by atoms with Crippen LogP contribution in [0.1, 0.15) is 11.1 Å². The molecule has 2 rings (SSSR count). The van der Waals surface area contributed by atoms with E-state index in [2.05, 4.69) is 5.32 Å². The van der Waals surface area contributed by atoms with Gasteiger partial charge in [-0.05, 0) is 29.7 Å². The number of sulfonamides is 1. The van der Waals surface area contributed by atoms with Crippen molar-refractivity contribution < 1.29 is 26.0 Å². The highest BCUT2D eigenvalue weighted by Gasteiger charge is 2.30. The minimum atomic E-state index is -4.61. The van der Waals surface area contributed by atoms with E-state index in [9.17, 15) is 26.0 Å². The predicted molar refractivity (Wildman–Crippen MR) is 75.2 cm³/mol. The molecule has 1 atom stereocenters. The Morgan fingerprint density at radius 2 is 1.95 bits per heavy atom. The first-order chi connectivity index (χ1) is 9.71. The number of alkyl halides is 4. The zero-order valence-corrected chi connectivity index (χ0v) is 12.9. The van der Waals surface area contributed by atoms with Crippen LogP contribution in [-0.4, -0.2) is 33.9 Å². The summed E-state index contributed by atoms with van der Waals surface area (Å²) >= 11 is 0. The van der Waals surface area contributed by atoms with Crippen LogP contribution in [0.3, 0.4) is 0 Å². The molecular formula is C12H15ClF4N2O2S. The second kappa shape index (κ2) is 7.12. The number of benzene rings is 1. The van der Waals surface area contributed by atoms with E-state index in [0.29, 0.717) is 12.0 Å². The van der Waals surface area contributed by atoms with Crippen LogP contribution in [0.5, 0.6) is 0 Å². The normalized spacial score (nSPS) is 18.5. The maximum Gasteiger partial charge on any atom is 0.402 e. The number of nitrogens with one attached hydrogen (secondary N) is 2. The summed E-state index contributed by atoms with van der Waals surface area (Å²) in [6.07, 6.45) is -4.20. The topological polar surface area (TPSA) is 58.2 Å². The molecule has 10 heteroatoms. The first-order valence-electron chi connectivity index (χ1n) is 6.19. The molecule has 0 saturated carbocycles. The van der Waals surface area contributed by atoms with Crippen molar-refractivity contribution in [3.63, 3.8) is 0 Å². The zero-order valence-electron chi connectivity index (χ0n) is 11.3. The average Bonchev–Trinajstić information content (AvgIpc) is 2.43. The molecule has 1 aromatic carbocycles. The fraction of sp³-hybridized carbons (Fsp3) is 0.500. The van der Waals surface area contributed by atoms with Crippen LogP contribution in [0.2, 0.25) is 0 Å². The lowest BCUT2D eigenvalue weighted by atomic mass is 9.96. The van der Waals surface area contributed by atoms with Crippen LogP contribution in [0.4, 0.5) is 17.6 Å².